The Hall–Kier alpha value is -2.30. The first kappa shape index (κ1) is 27.7. The van der Waals surface area contributed by atoms with E-state index in [1.54, 1.807) is 0 Å². The molecule has 2 aromatic carbocycles. The van der Waals surface area contributed by atoms with Crippen LogP contribution in [-0.2, 0) is 14.0 Å². The number of benzene rings is 2. The number of carbonyl (C=O) groups is 2. The topological polar surface area (TPSA) is 43.4 Å². The van der Waals surface area contributed by atoms with E-state index in [1.807, 2.05) is 12.1 Å². The molecule has 0 heterocycles. The van der Waals surface area contributed by atoms with Crippen LogP contribution in [-0.4, -0.2) is 26.5 Å². The molecule has 2 atom stereocenters. The number of ketones is 2. The Morgan fingerprint density at radius 2 is 1.57 bits per heavy atom. The number of Topliss-reactive ketones (excluding diaryl/α,β-unsaturated/α-hetero) is 2. The summed E-state index contributed by atoms with van der Waals surface area (Å²) in [6.45, 7) is 13.9. The van der Waals surface area contributed by atoms with Crippen molar-refractivity contribution < 1.29 is 14.0 Å². The van der Waals surface area contributed by atoms with E-state index in [4.69, 9.17) is 4.43 Å². The van der Waals surface area contributed by atoms with Gasteiger partial charge in [-0.1, -0.05) is 108 Å². The Morgan fingerprint density at radius 1 is 1.00 bits per heavy atom. The first-order valence-corrected chi connectivity index (χ1v) is 16.0. The highest BCUT2D eigenvalue weighted by molar-refractivity contribution is 6.99. The van der Waals surface area contributed by atoms with Crippen molar-refractivity contribution in [3.8, 4) is 0 Å². The summed E-state index contributed by atoms with van der Waals surface area (Å²) in [4.78, 5) is 26.9. The first-order valence-electron chi connectivity index (χ1n) is 14.1. The Kier molecular flexibility index (Phi) is 8.11. The fourth-order valence-corrected chi connectivity index (χ4v) is 11.4. The van der Waals surface area contributed by atoms with Gasteiger partial charge < -0.3 is 4.43 Å². The molecule has 1 saturated carbocycles. The van der Waals surface area contributed by atoms with Gasteiger partial charge >= 0.3 is 0 Å². The fourth-order valence-electron chi connectivity index (χ4n) is 6.81. The van der Waals surface area contributed by atoms with Crippen LogP contribution in [0.3, 0.4) is 0 Å². The van der Waals surface area contributed by atoms with Crippen molar-refractivity contribution in [2.75, 3.05) is 6.61 Å². The summed E-state index contributed by atoms with van der Waals surface area (Å²) in [6, 6.07) is 21.2. The van der Waals surface area contributed by atoms with Crippen LogP contribution in [0.15, 0.2) is 71.8 Å². The largest absolute Gasteiger partial charge is 0.407 e. The maximum atomic E-state index is 13.6. The van der Waals surface area contributed by atoms with Gasteiger partial charge in [0, 0.05) is 18.6 Å². The quantitative estimate of drug-likeness (QED) is 0.213. The summed E-state index contributed by atoms with van der Waals surface area (Å²) in [5.74, 6) is 0.116. The summed E-state index contributed by atoms with van der Waals surface area (Å²) >= 11 is 0. The molecule has 4 heteroatoms. The zero-order valence-corrected chi connectivity index (χ0v) is 24.6. The minimum absolute atomic E-state index is 0.0279. The maximum absolute atomic E-state index is 13.6. The first-order chi connectivity index (χ1) is 17.5. The third kappa shape index (κ3) is 5.20. The van der Waals surface area contributed by atoms with Gasteiger partial charge in [0.2, 0.25) is 0 Å². The number of carbonyl (C=O) groups excluding carboxylic acids is 2. The highest BCUT2D eigenvalue weighted by Crippen LogP contribution is 2.53. The van der Waals surface area contributed by atoms with Crippen LogP contribution in [0.4, 0.5) is 0 Å². The SMILES string of the molecule is CC(C)C1=C2C(=O)C(C(=O)CCCO[Si](c3ccccc3)(c3ccccc3)C(C)(C)C)CCC2(C)CC1. The lowest BCUT2D eigenvalue weighted by atomic mass is 9.66. The Labute approximate surface area is 224 Å². The lowest BCUT2D eigenvalue weighted by molar-refractivity contribution is -0.133. The van der Waals surface area contributed by atoms with Crippen molar-refractivity contribution in [1.82, 2.24) is 0 Å². The molecule has 1 fully saturated rings. The van der Waals surface area contributed by atoms with Gasteiger partial charge in [0.1, 0.15) is 5.78 Å². The van der Waals surface area contributed by atoms with E-state index in [1.165, 1.54) is 15.9 Å². The van der Waals surface area contributed by atoms with Crippen LogP contribution < -0.4 is 10.4 Å². The van der Waals surface area contributed by atoms with Gasteiger partial charge in [0.15, 0.2) is 5.78 Å². The van der Waals surface area contributed by atoms with Crippen LogP contribution >= 0.6 is 0 Å². The highest BCUT2D eigenvalue weighted by Gasteiger charge is 2.50. The predicted octanol–water partition coefficient (Wildman–Crippen LogP) is 6.64. The number of allylic oxidation sites excluding steroid dienone is 2. The third-order valence-electron chi connectivity index (χ3n) is 8.81. The van der Waals surface area contributed by atoms with E-state index >= 15 is 0 Å². The van der Waals surface area contributed by atoms with Crippen molar-refractivity contribution in [2.24, 2.45) is 17.3 Å². The molecule has 0 aromatic heterocycles. The van der Waals surface area contributed by atoms with Crippen LogP contribution in [0.1, 0.15) is 80.1 Å². The Balaban J connectivity index is 1.49. The minimum Gasteiger partial charge on any atom is -0.407 e. The molecule has 0 aliphatic heterocycles. The number of fused-ring (bicyclic) bond motifs is 1. The van der Waals surface area contributed by atoms with E-state index in [-0.39, 0.29) is 22.0 Å². The normalized spacial score (nSPS) is 22.5. The lowest BCUT2D eigenvalue weighted by Gasteiger charge is -2.43. The van der Waals surface area contributed by atoms with Gasteiger partial charge in [-0.15, -0.1) is 0 Å². The third-order valence-corrected chi connectivity index (χ3v) is 13.8. The molecule has 2 aliphatic carbocycles. The molecule has 0 radical (unpaired) electrons. The molecule has 3 nitrogen and oxygen atoms in total. The Morgan fingerprint density at radius 3 is 2.08 bits per heavy atom. The molecule has 0 saturated heterocycles. The average molecular weight is 517 g/mol. The molecule has 4 rings (SSSR count). The zero-order chi connectivity index (χ0) is 26.8. The summed E-state index contributed by atoms with van der Waals surface area (Å²) in [7, 11) is -2.61. The summed E-state index contributed by atoms with van der Waals surface area (Å²) < 4.78 is 6.96. The number of hydrogen-bond acceptors (Lipinski definition) is 3. The van der Waals surface area contributed by atoms with Gasteiger partial charge in [-0.2, -0.15) is 0 Å². The number of rotatable bonds is 9. The van der Waals surface area contributed by atoms with Gasteiger partial charge in [0.05, 0.1) is 5.92 Å². The Bertz CT molecular complexity index is 1100. The molecule has 37 heavy (non-hydrogen) atoms. The van der Waals surface area contributed by atoms with Crippen LogP contribution in [0, 0.1) is 17.3 Å². The van der Waals surface area contributed by atoms with Crippen molar-refractivity contribution >= 4 is 30.3 Å². The molecule has 0 amide bonds. The van der Waals surface area contributed by atoms with Gasteiger partial charge in [-0.3, -0.25) is 9.59 Å². The van der Waals surface area contributed by atoms with Crippen molar-refractivity contribution in [3.05, 3.63) is 71.8 Å². The van der Waals surface area contributed by atoms with Crippen LogP contribution in [0.2, 0.25) is 5.04 Å². The fraction of sp³-hybridized carbons (Fsp3) is 0.515. The second-order valence-electron chi connectivity index (χ2n) is 12.7. The van der Waals surface area contributed by atoms with Crippen LogP contribution in [0.5, 0.6) is 0 Å². The summed E-state index contributed by atoms with van der Waals surface area (Å²) in [6.07, 6.45) is 4.73. The summed E-state index contributed by atoms with van der Waals surface area (Å²) in [5.41, 5.74) is 2.26. The lowest BCUT2D eigenvalue weighted by Crippen LogP contribution is -2.66. The second-order valence-corrected chi connectivity index (χ2v) is 17.0. The number of hydrogen-bond donors (Lipinski definition) is 0. The molecule has 2 unspecified atom stereocenters. The average Bonchev–Trinajstić information content (AvgIpc) is 3.23. The monoisotopic (exact) mass is 516 g/mol. The standard InChI is InChI=1S/C33H44O3Si/c1-24(2)27-19-21-33(6)22-20-28(31(35)30(27)33)29(34)18-13-23-36-37(32(3,4)5,25-14-9-7-10-15-25)26-16-11-8-12-17-26/h7-12,14-17,24,28H,13,18-23H2,1-6H3. The van der Waals surface area contributed by atoms with Crippen molar-refractivity contribution in [2.45, 2.75) is 85.1 Å². The highest BCUT2D eigenvalue weighted by atomic mass is 28.4. The van der Waals surface area contributed by atoms with Crippen molar-refractivity contribution in [1.29, 1.82) is 0 Å². The molecule has 0 spiro atoms. The second kappa shape index (κ2) is 10.8. The molecule has 2 aliphatic rings. The van der Waals surface area contributed by atoms with Crippen LogP contribution in [0.25, 0.3) is 0 Å². The van der Waals surface area contributed by atoms with Crippen molar-refractivity contribution in [3.63, 3.8) is 0 Å². The van der Waals surface area contributed by atoms with E-state index < -0.39 is 14.2 Å². The molecule has 0 N–H and O–H groups in total. The van der Waals surface area contributed by atoms with E-state index in [2.05, 4.69) is 90.1 Å². The van der Waals surface area contributed by atoms with E-state index in [9.17, 15) is 9.59 Å². The van der Waals surface area contributed by atoms with E-state index in [0.29, 0.717) is 31.8 Å². The maximum Gasteiger partial charge on any atom is 0.261 e. The van der Waals surface area contributed by atoms with E-state index in [0.717, 1.165) is 24.8 Å². The minimum atomic E-state index is -2.61. The molecule has 0 bridgehead atoms. The molecular weight excluding hydrogens is 472 g/mol. The summed E-state index contributed by atoms with van der Waals surface area (Å²) in [5, 5.41) is 2.40. The molecular formula is C33H44O3Si. The molecule has 2 aromatic rings. The van der Waals surface area contributed by atoms with Gasteiger partial charge in [-0.25, -0.2) is 0 Å². The van der Waals surface area contributed by atoms with Gasteiger partial charge in [-0.05, 0) is 58.8 Å². The molecule has 198 valence electrons. The predicted molar refractivity (Wildman–Crippen MR) is 155 cm³/mol. The smallest absolute Gasteiger partial charge is 0.261 e. The van der Waals surface area contributed by atoms with Gasteiger partial charge in [0.25, 0.3) is 8.32 Å². The zero-order valence-electron chi connectivity index (χ0n) is 23.6.